The van der Waals surface area contributed by atoms with Crippen LogP contribution in [0.3, 0.4) is 0 Å². The summed E-state index contributed by atoms with van der Waals surface area (Å²) in [5.74, 6) is 2.18. The molecule has 1 heterocycles. The molecular weight excluding hydrogens is 414 g/mol. The van der Waals surface area contributed by atoms with Crippen LogP contribution in [0.5, 0.6) is 0 Å². The fraction of sp³-hybridized carbons (Fsp3) is 0.323. The van der Waals surface area contributed by atoms with E-state index < -0.39 is 0 Å². The Bertz CT molecular complexity index is 1130. The highest BCUT2D eigenvalue weighted by molar-refractivity contribution is 5.67. The molecule has 3 heteroatoms. The largest absolute Gasteiger partial charge is 0.208 e. The van der Waals surface area contributed by atoms with Crippen LogP contribution >= 0.6 is 0 Å². The number of nitrogens with zero attached hydrogens (tertiary/aromatic N) is 3. The van der Waals surface area contributed by atoms with Crippen LogP contribution in [0.2, 0.25) is 0 Å². The van der Waals surface area contributed by atoms with Gasteiger partial charge in [0, 0.05) is 16.7 Å². The third-order valence-electron chi connectivity index (χ3n) is 6.20. The molecule has 0 fully saturated rings. The first-order valence-electron chi connectivity index (χ1n) is 12.6. The van der Waals surface area contributed by atoms with E-state index in [-0.39, 0.29) is 0 Å². The van der Waals surface area contributed by atoms with E-state index in [1.54, 1.807) is 0 Å². The van der Waals surface area contributed by atoms with Gasteiger partial charge >= 0.3 is 0 Å². The second-order valence-corrected chi connectivity index (χ2v) is 9.28. The summed E-state index contributed by atoms with van der Waals surface area (Å²) in [6, 6.07) is 23.7. The van der Waals surface area contributed by atoms with E-state index in [4.69, 9.17) is 15.0 Å². The maximum Gasteiger partial charge on any atom is 0.164 e. The van der Waals surface area contributed by atoms with Gasteiger partial charge in [-0.3, -0.25) is 0 Å². The molecule has 0 saturated heterocycles. The summed E-state index contributed by atoms with van der Waals surface area (Å²) >= 11 is 0. The minimum atomic E-state index is 0.717. The van der Waals surface area contributed by atoms with Crippen molar-refractivity contribution in [1.29, 1.82) is 0 Å². The van der Waals surface area contributed by atoms with E-state index in [1.807, 2.05) is 0 Å². The summed E-state index contributed by atoms with van der Waals surface area (Å²) in [7, 11) is 0. The smallest absolute Gasteiger partial charge is 0.164 e. The predicted octanol–water partition coefficient (Wildman–Crippen LogP) is 8.17. The fourth-order valence-electron chi connectivity index (χ4n) is 4.11. The summed E-state index contributed by atoms with van der Waals surface area (Å²) in [6.07, 6.45) is 6.94. The van der Waals surface area contributed by atoms with Crippen LogP contribution in [-0.4, -0.2) is 15.0 Å². The fourth-order valence-corrected chi connectivity index (χ4v) is 4.11. The number of hydrogen-bond donors (Lipinski definition) is 0. The van der Waals surface area contributed by atoms with Gasteiger partial charge in [0.05, 0.1) is 0 Å². The Hall–Kier alpha value is -3.33. The van der Waals surface area contributed by atoms with E-state index in [1.165, 1.54) is 47.9 Å². The summed E-state index contributed by atoms with van der Waals surface area (Å²) in [4.78, 5) is 14.8. The summed E-state index contributed by atoms with van der Waals surface area (Å²) in [6.45, 7) is 8.69. The standard InChI is InChI=1S/C31H35N3/c1-5-7-9-24-19-25(10-8-6-2)21-28(20-24)31-33-29(26-15-11-22(3)12-16-26)32-30(34-31)27-17-13-23(4)14-18-27/h11-21H,5-10H2,1-4H3. The van der Waals surface area contributed by atoms with E-state index >= 15 is 0 Å². The Balaban J connectivity index is 1.85. The zero-order valence-corrected chi connectivity index (χ0v) is 20.9. The van der Waals surface area contributed by atoms with Crippen molar-refractivity contribution in [2.24, 2.45) is 0 Å². The Kier molecular flexibility index (Phi) is 7.84. The molecule has 3 aromatic carbocycles. The van der Waals surface area contributed by atoms with Crippen molar-refractivity contribution in [2.45, 2.75) is 66.2 Å². The van der Waals surface area contributed by atoms with Crippen molar-refractivity contribution in [2.75, 3.05) is 0 Å². The first-order valence-corrected chi connectivity index (χ1v) is 12.6. The molecule has 34 heavy (non-hydrogen) atoms. The lowest BCUT2D eigenvalue weighted by Gasteiger charge is -2.12. The average molecular weight is 450 g/mol. The summed E-state index contributed by atoms with van der Waals surface area (Å²) in [5, 5.41) is 0. The Labute approximate surface area is 204 Å². The Morgan fingerprint density at radius 1 is 0.500 bits per heavy atom. The molecule has 0 N–H and O–H groups in total. The van der Waals surface area contributed by atoms with Crippen LogP contribution < -0.4 is 0 Å². The van der Waals surface area contributed by atoms with Crippen molar-refractivity contribution in [3.8, 4) is 34.2 Å². The maximum atomic E-state index is 4.97. The predicted molar refractivity (Wildman–Crippen MR) is 143 cm³/mol. The highest BCUT2D eigenvalue weighted by Crippen LogP contribution is 2.27. The number of benzene rings is 3. The lowest BCUT2D eigenvalue weighted by molar-refractivity contribution is 0.780. The molecule has 0 radical (unpaired) electrons. The van der Waals surface area contributed by atoms with Crippen molar-refractivity contribution in [3.05, 3.63) is 89.0 Å². The number of hydrogen-bond acceptors (Lipinski definition) is 3. The van der Waals surface area contributed by atoms with Gasteiger partial charge in [0.25, 0.3) is 0 Å². The zero-order chi connectivity index (χ0) is 23.9. The monoisotopic (exact) mass is 449 g/mol. The lowest BCUT2D eigenvalue weighted by Crippen LogP contribution is -2.01. The van der Waals surface area contributed by atoms with Crippen molar-refractivity contribution in [1.82, 2.24) is 15.0 Å². The van der Waals surface area contributed by atoms with Gasteiger partial charge in [-0.05, 0) is 62.8 Å². The van der Waals surface area contributed by atoms with E-state index in [9.17, 15) is 0 Å². The zero-order valence-electron chi connectivity index (χ0n) is 20.9. The minimum absolute atomic E-state index is 0.717. The van der Waals surface area contributed by atoms with Crippen molar-refractivity contribution < 1.29 is 0 Å². The van der Waals surface area contributed by atoms with Crippen LogP contribution in [0.25, 0.3) is 34.2 Å². The molecule has 0 saturated carbocycles. The normalized spacial score (nSPS) is 11.1. The molecule has 3 nitrogen and oxygen atoms in total. The van der Waals surface area contributed by atoms with Gasteiger partial charge in [0.2, 0.25) is 0 Å². The SMILES string of the molecule is CCCCc1cc(CCCC)cc(-c2nc(-c3ccc(C)cc3)nc(-c3ccc(C)cc3)n2)c1. The summed E-state index contributed by atoms with van der Waals surface area (Å²) in [5.41, 5.74) is 8.30. The van der Waals surface area contributed by atoms with Gasteiger partial charge in [-0.2, -0.15) is 0 Å². The van der Waals surface area contributed by atoms with E-state index in [2.05, 4.69) is 94.4 Å². The van der Waals surface area contributed by atoms with Gasteiger partial charge in [0.1, 0.15) is 0 Å². The molecule has 0 aliphatic carbocycles. The molecule has 174 valence electrons. The summed E-state index contributed by atoms with van der Waals surface area (Å²) < 4.78 is 0. The number of aryl methyl sites for hydroxylation is 4. The molecule has 4 aromatic rings. The van der Waals surface area contributed by atoms with Crippen LogP contribution in [0.4, 0.5) is 0 Å². The molecule has 0 aliphatic rings. The van der Waals surface area contributed by atoms with Crippen LogP contribution in [0.1, 0.15) is 61.8 Å². The van der Waals surface area contributed by atoms with Gasteiger partial charge in [-0.15, -0.1) is 0 Å². The molecule has 0 aliphatic heterocycles. The second-order valence-electron chi connectivity index (χ2n) is 9.28. The van der Waals surface area contributed by atoms with Gasteiger partial charge < -0.3 is 0 Å². The minimum Gasteiger partial charge on any atom is -0.208 e. The molecule has 0 atom stereocenters. The van der Waals surface area contributed by atoms with Gasteiger partial charge in [-0.1, -0.05) is 92.4 Å². The second kappa shape index (κ2) is 11.2. The van der Waals surface area contributed by atoms with E-state index in [0.29, 0.717) is 0 Å². The molecule has 1 aromatic heterocycles. The molecule has 4 rings (SSSR count). The van der Waals surface area contributed by atoms with Crippen molar-refractivity contribution in [3.63, 3.8) is 0 Å². The molecule has 0 unspecified atom stereocenters. The van der Waals surface area contributed by atoms with Crippen LogP contribution in [0.15, 0.2) is 66.7 Å². The third kappa shape index (κ3) is 5.96. The molecule has 0 bridgehead atoms. The van der Waals surface area contributed by atoms with Crippen molar-refractivity contribution >= 4 is 0 Å². The highest BCUT2D eigenvalue weighted by Gasteiger charge is 2.14. The number of aromatic nitrogens is 3. The number of unbranched alkanes of at least 4 members (excludes halogenated alkanes) is 2. The van der Waals surface area contributed by atoms with E-state index in [0.717, 1.165) is 47.0 Å². The highest BCUT2D eigenvalue weighted by atomic mass is 15.0. The molecule has 0 spiro atoms. The topological polar surface area (TPSA) is 38.7 Å². The maximum absolute atomic E-state index is 4.97. The van der Waals surface area contributed by atoms with Gasteiger partial charge in [-0.25, -0.2) is 15.0 Å². The lowest BCUT2D eigenvalue weighted by atomic mass is 9.98. The van der Waals surface area contributed by atoms with Crippen LogP contribution in [0, 0.1) is 13.8 Å². The number of rotatable bonds is 9. The molecular formula is C31H35N3. The van der Waals surface area contributed by atoms with Gasteiger partial charge in [0.15, 0.2) is 17.5 Å². The third-order valence-corrected chi connectivity index (χ3v) is 6.20. The first-order chi connectivity index (χ1) is 16.6. The van der Waals surface area contributed by atoms with Crippen LogP contribution in [-0.2, 0) is 12.8 Å². The quantitative estimate of drug-likeness (QED) is 0.259. The Morgan fingerprint density at radius 2 is 0.882 bits per heavy atom. The molecule has 0 amide bonds. The Morgan fingerprint density at radius 3 is 1.26 bits per heavy atom. The first kappa shape index (κ1) is 23.8. The average Bonchev–Trinajstić information content (AvgIpc) is 2.86.